The Labute approximate surface area is 162 Å². The van der Waals surface area contributed by atoms with E-state index in [-0.39, 0.29) is 11.9 Å². The van der Waals surface area contributed by atoms with Crippen LogP contribution in [0, 0.1) is 0 Å². The highest BCUT2D eigenvalue weighted by Gasteiger charge is 2.31. The fourth-order valence-corrected chi connectivity index (χ4v) is 3.73. The van der Waals surface area contributed by atoms with Crippen LogP contribution < -0.4 is 5.32 Å². The number of hydrogen-bond acceptors (Lipinski definition) is 3. The predicted octanol–water partition coefficient (Wildman–Crippen LogP) is 4.12. The molecule has 3 rings (SSSR count). The number of benzene rings is 2. The van der Waals surface area contributed by atoms with Gasteiger partial charge in [-0.15, -0.1) is 6.58 Å². The number of nitrogens with zero attached hydrogens (tertiary/aromatic N) is 2. The molecule has 1 aliphatic heterocycles. The van der Waals surface area contributed by atoms with Gasteiger partial charge in [0.1, 0.15) is 0 Å². The molecule has 2 atom stereocenters. The van der Waals surface area contributed by atoms with E-state index in [2.05, 4.69) is 48.8 Å². The molecule has 0 aliphatic carbocycles. The first kappa shape index (κ1) is 19.2. The molecule has 0 bridgehead atoms. The number of rotatable bonds is 5. The van der Waals surface area contributed by atoms with Crippen LogP contribution in [0.3, 0.4) is 0 Å². The van der Waals surface area contributed by atoms with Crippen LogP contribution in [-0.2, 0) is 0 Å². The zero-order valence-electron chi connectivity index (χ0n) is 16.5. The lowest BCUT2D eigenvalue weighted by atomic mass is 10.0. The summed E-state index contributed by atoms with van der Waals surface area (Å²) in [5.41, 5.74) is 4.00. The average molecular weight is 364 g/mol. The maximum atomic E-state index is 13.2. The SMILES string of the molecule is C=CCN1C[C@@H](C)N(C(=O)c2cccc(-c3ccc(NC)cc3)c2)C[C@H]1C. The largest absolute Gasteiger partial charge is 0.388 e. The van der Waals surface area contributed by atoms with E-state index in [0.717, 1.165) is 42.0 Å². The van der Waals surface area contributed by atoms with Gasteiger partial charge in [-0.05, 0) is 49.2 Å². The number of carbonyl (C=O) groups excluding carboxylic acids is 1. The molecular formula is C23H29N3O. The van der Waals surface area contributed by atoms with Crippen molar-refractivity contribution in [3.63, 3.8) is 0 Å². The van der Waals surface area contributed by atoms with Gasteiger partial charge in [0.2, 0.25) is 0 Å². The van der Waals surface area contributed by atoms with E-state index in [0.29, 0.717) is 6.04 Å². The highest BCUT2D eigenvalue weighted by atomic mass is 16.2. The Morgan fingerprint density at radius 1 is 1.11 bits per heavy atom. The molecule has 1 N–H and O–H groups in total. The molecule has 27 heavy (non-hydrogen) atoms. The minimum Gasteiger partial charge on any atom is -0.388 e. The van der Waals surface area contributed by atoms with Crippen molar-refractivity contribution in [3.8, 4) is 11.1 Å². The molecule has 4 heteroatoms. The Hall–Kier alpha value is -2.59. The van der Waals surface area contributed by atoms with Gasteiger partial charge >= 0.3 is 0 Å². The van der Waals surface area contributed by atoms with Gasteiger partial charge in [-0.2, -0.15) is 0 Å². The third-order valence-electron chi connectivity index (χ3n) is 5.36. The van der Waals surface area contributed by atoms with Gasteiger partial charge in [0.05, 0.1) is 0 Å². The molecule has 1 fully saturated rings. The van der Waals surface area contributed by atoms with Crippen LogP contribution in [0.4, 0.5) is 5.69 Å². The summed E-state index contributed by atoms with van der Waals surface area (Å²) in [6.07, 6.45) is 1.93. The third-order valence-corrected chi connectivity index (χ3v) is 5.36. The minimum absolute atomic E-state index is 0.112. The minimum atomic E-state index is 0.112. The summed E-state index contributed by atoms with van der Waals surface area (Å²) in [6.45, 7) is 10.6. The molecule has 2 aromatic rings. The van der Waals surface area contributed by atoms with E-state index in [4.69, 9.17) is 0 Å². The Kier molecular flexibility index (Phi) is 5.97. The second-order valence-corrected chi connectivity index (χ2v) is 7.31. The van der Waals surface area contributed by atoms with E-state index in [1.165, 1.54) is 0 Å². The zero-order valence-corrected chi connectivity index (χ0v) is 16.5. The topological polar surface area (TPSA) is 35.6 Å². The second-order valence-electron chi connectivity index (χ2n) is 7.31. The lowest BCUT2D eigenvalue weighted by Gasteiger charge is -2.43. The Morgan fingerprint density at radius 2 is 1.85 bits per heavy atom. The predicted molar refractivity (Wildman–Crippen MR) is 113 cm³/mol. The number of nitrogens with one attached hydrogen (secondary N) is 1. The molecule has 0 saturated carbocycles. The van der Waals surface area contributed by atoms with Crippen molar-refractivity contribution >= 4 is 11.6 Å². The second kappa shape index (κ2) is 8.40. The number of piperazine rings is 1. The van der Waals surface area contributed by atoms with Crippen molar-refractivity contribution in [2.24, 2.45) is 0 Å². The maximum Gasteiger partial charge on any atom is 0.254 e. The molecule has 0 aromatic heterocycles. The molecule has 1 heterocycles. The lowest BCUT2D eigenvalue weighted by molar-refractivity contribution is 0.0355. The van der Waals surface area contributed by atoms with Gasteiger partial charge in [0, 0.05) is 50.0 Å². The summed E-state index contributed by atoms with van der Waals surface area (Å²) in [5.74, 6) is 0.112. The summed E-state index contributed by atoms with van der Waals surface area (Å²) >= 11 is 0. The van der Waals surface area contributed by atoms with Crippen LogP contribution in [0.1, 0.15) is 24.2 Å². The molecular weight excluding hydrogens is 334 g/mol. The number of amides is 1. The van der Waals surface area contributed by atoms with Gasteiger partial charge in [0.15, 0.2) is 0 Å². The number of hydrogen-bond donors (Lipinski definition) is 1. The van der Waals surface area contributed by atoms with E-state index in [1.807, 2.05) is 48.4 Å². The Balaban J connectivity index is 1.80. The highest BCUT2D eigenvalue weighted by molar-refractivity contribution is 5.95. The van der Waals surface area contributed by atoms with Crippen LogP contribution in [0.15, 0.2) is 61.2 Å². The number of anilines is 1. The summed E-state index contributed by atoms with van der Waals surface area (Å²) in [4.78, 5) is 17.6. The van der Waals surface area contributed by atoms with Crippen molar-refractivity contribution in [1.82, 2.24) is 9.80 Å². The van der Waals surface area contributed by atoms with Crippen molar-refractivity contribution in [2.45, 2.75) is 25.9 Å². The van der Waals surface area contributed by atoms with Crippen molar-refractivity contribution in [1.29, 1.82) is 0 Å². The molecule has 142 valence electrons. The van der Waals surface area contributed by atoms with Gasteiger partial charge in [-0.25, -0.2) is 0 Å². The number of carbonyl (C=O) groups is 1. The quantitative estimate of drug-likeness (QED) is 0.812. The molecule has 0 radical (unpaired) electrons. The van der Waals surface area contributed by atoms with E-state index in [9.17, 15) is 4.79 Å². The van der Waals surface area contributed by atoms with Crippen LogP contribution >= 0.6 is 0 Å². The van der Waals surface area contributed by atoms with Crippen molar-refractivity contribution in [2.75, 3.05) is 32.0 Å². The van der Waals surface area contributed by atoms with Crippen LogP contribution in [0.25, 0.3) is 11.1 Å². The molecule has 1 aliphatic rings. The van der Waals surface area contributed by atoms with Gasteiger partial charge < -0.3 is 10.2 Å². The fraction of sp³-hybridized carbons (Fsp3) is 0.348. The fourth-order valence-electron chi connectivity index (χ4n) is 3.73. The Bertz CT molecular complexity index is 800. The average Bonchev–Trinajstić information content (AvgIpc) is 2.70. The zero-order chi connectivity index (χ0) is 19.4. The summed E-state index contributed by atoms with van der Waals surface area (Å²) in [5, 5.41) is 3.13. The standard InChI is InChI=1S/C23H29N3O/c1-5-13-25-15-18(3)26(16-17(25)2)23(27)21-8-6-7-20(14-21)19-9-11-22(24-4)12-10-19/h5-12,14,17-18,24H,1,13,15-16H2,2-4H3/t17-,18-/m1/s1. The molecule has 1 amide bonds. The first-order chi connectivity index (χ1) is 13.0. The van der Waals surface area contributed by atoms with E-state index in [1.54, 1.807) is 0 Å². The smallest absolute Gasteiger partial charge is 0.254 e. The molecule has 0 unspecified atom stereocenters. The maximum absolute atomic E-state index is 13.2. The summed E-state index contributed by atoms with van der Waals surface area (Å²) in [6, 6.07) is 16.7. The van der Waals surface area contributed by atoms with Crippen molar-refractivity contribution < 1.29 is 4.79 Å². The normalized spacial score (nSPS) is 20.3. The summed E-state index contributed by atoms with van der Waals surface area (Å²) in [7, 11) is 1.91. The monoisotopic (exact) mass is 363 g/mol. The van der Waals surface area contributed by atoms with Crippen molar-refractivity contribution in [3.05, 3.63) is 66.7 Å². The lowest BCUT2D eigenvalue weighted by Crippen LogP contribution is -2.57. The van der Waals surface area contributed by atoms with Crippen LogP contribution in [0.2, 0.25) is 0 Å². The Morgan fingerprint density at radius 3 is 2.52 bits per heavy atom. The van der Waals surface area contributed by atoms with Gasteiger partial charge in [-0.3, -0.25) is 9.69 Å². The third kappa shape index (κ3) is 4.22. The molecule has 1 saturated heterocycles. The highest BCUT2D eigenvalue weighted by Crippen LogP contribution is 2.24. The molecule has 0 spiro atoms. The van der Waals surface area contributed by atoms with Gasteiger partial charge in [-0.1, -0.05) is 30.3 Å². The first-order valence-electron chi connectivity index (χ1n) is 9.57. The first-order valence-corrected chi connectivity index (χ1v) is 9.57. The van der Waals surface area contributed by atoms with E-state index >= 15 is 0 Å². The molecule has 4 nitrogen and oxygen atoms in total. The molecule has 2 aromatic carbocycles. The van der Waals surface area contributed by atoms with Crippen LogP contribution in [-0.4, -0.2) is 54.5 Å². The summed E-state index contributed by atoms with van der Waals surface area (Å²) < 4.78 is 0. The van der Waals surface area contributed by atoms with E-state index < -0.39 is 0 Å². The van der Waals surface area contributed by atoms with Crippen LogP contribution in [0.5, 0.6) is 0 Å². The van der Waals surface area contributed by atoms with Gasteiger partial charge in [0.25, 0.3) is 5.91 Å².